The Morgan fingerprint density at radius 3 is 2.80 bits per heavy atom. The largest absolute Gasteiger partial charge is 0.497 e. The van der Waals surface area contributed by atoms with Crippen molar-refractivity contribution in [1.29, 1.82) is 0 Å². The predicted molar refractivity (Wildman–Crippen MR) is 111 cm³/mol. The van der Waals surface area contributed by atoms with E-state index in [9.17, 15) is 4.79 Å². The Morgan fingerprint density at radius 1 is 1.27 bits per heavy atom. The number of carbonyl (C=O) groups is 1. The highest BCUT2D eigenvalue weighted by Crippen LogP contribution is 2.25. The molecule has 1 aliphatic rings. The van der Waals surface area contributed by atoms with E-state index < -0.39 is 0 Å². The number of benzene rings is 1. The van der Waals surface area contributed by atoms with E-state index in [1.54, 1.807) is 13.3 Å². The molecule has 0 saturated heterocycles. The van der Waals surface area contributed by atoms with Gasteiger partial charge in [-0.2, -0.15) is 5.10 Å². The molecule has 1 aliphatic heterocycles. The molecule has 8 nitrogen and oxygen atoms in total. The maximum absolute atomic E-state index is 12.5. The number of imidazole rings is 1. The molecule has 0 fully saturated rings. The summed E-state index contributed by atoms with van der Waals surface area (Å²) in [5, 5.41) is 4.66. The molecule has 1 aromatic carbocycles. The normalized spacial score (nSPS) is 13.8. The second kappa shape index (κ2) is 9.13. The molecule has 0 radical (unpaired) electrons. The minimum absolute atomic E-state index is 0.336. The van der Waals surface area contributed by atoms with Gasteiger partial charge in [-0.25, -0.2) is 9.78 Å². The van der Waals surface area contributed by atoms with Gasteiger partial charge in [0, 0.05) is 49.7 Å². The van der Waals surface area contributed by atoms with Crippen molar-refractivity contribution in [3.8, 4) is 5.75 Å². The lowest BCUT2D eigenvalue weighted by Gasteiger charge is -2.26. The van der Waals surface area contributed by atoms with Gasteiger partial charge in [0.2, 0.25) is 0 Å². The molecule has 0 bridgehead atoms. The van der Waals surface area contributed by atoms with Crippen molar-refractivity contribution >= 4 is 5.97 Å². The molecule has 0 amide bonds. The summed E-state index contributed by atoms with van der Waals surface area (Å²) < 4.78 is 12.5. The molecule has 3 aromatic rings. The molecule has 4 rings (SSSR count). The van der Waals surface area contributed by atoms with Crippen LogP contribution >= 0.6 is 0 Å². The molecule has 0 aliphatic carbocycles. The highest BCUT2D eigenvalue weighted by Gasteiger charge is 2.29. The van der Waals surface area contributed by atoms with E-state index in [1.165, 1.54) is 5.56 Å². The minimum Gasteiger partial charge on any atom is -0.497 e. The fourth-order valence-corrected chi connectivity index (χ4v) is 3.85. The molecule has 0 atom stereocenters. The quantitative estimate of drug-likeness (QED) is 0.576. The zero-order valence-electron chi connectivity index (χ0n) is 17.4. The topological polar surface area (TPSA) is 85.3 Å². The number of aromatic amines is 1. The van der Waals surface area contributed by atoms with Gasteiger partial charge in [-0.3, -0.25) is 9.58 Å². The molecule has 0 unspecified atom stereocenters. The molecule has 0 saturated carbocycles. The van der Waals surface area contributed by atoms with Crippen LogP contribution < -0.4 is 4.74 Å². The third-order valence-electron chi connectivity index (χ3n) is 5.38. The van der Waals surface area contributed by atoms with E-state index in [1.807, 2.05) is 29.9 Å². The Balaban J connectivity index is 1.53. The zero-order chi connectivity index (χ0) is 20.9. The lowest BCUT2D eigenvalue weighted by atomic mass is 10.0. The van der Waals surface area contributed by atoms with Crippen LogP contribution in [-0.2, 0) is 37.2 Å². The lowest BCUT2D eigenvalue weighted by molar-refractivity contribution is 0.0515. The van der Waals surface area contributed by atoms with Crippen LogP contribution in [0.4, 0.5) is 0 Å². The third kappa shape index (κ3) is 4.38. The van der Waals surface area contributed by atoms with Gasteiger partial charge < -0.3 is 14.5 Å². The number of methoxy groups -OCH3 is 1. The van der Waals surface area contributed by atoms with E-state index in [0.717, 1.165) is 42.2 Å². The van der Waals surface area contributed by atoms with Crippen molar-refractivity contribution in [2.75, 3.05) is 20.3 Å². The fraction of sp³-hybridized carbons (Fsp3) is 0.409. The Hall–Kier alpha value is -3.13. The molecule has 2 aromatic heterocycles. The van der Waals surface area contributed by atoms with Gasteiger partial charge in [0.25, 0.3) is 0 Å². The molecule has 158 valence electrons. The van der Waals surface area contributed by atoms with Gasteiger partial charge in [0.05, 0.1) is 20.3 Å². The average molecular weight is 409 g/mol. The summed E-state index contributed by atoms with van der Waals surface area (Å²) in [7, 11) is 1.66. The van der Waals surface area contributed by atoms with Gasteiger partial charge in [0.1, 0.15) is 11.6 Å². The van der Waals surface area contributed by atoms with E-state index in [4.69, 9.17) is 9.47 Å². The highest BCUT2D eigenvalue weighted by molar-refractivity contribution is 5.89. The van der Waals surface area contributed by atoms with Gasteiger partial charge in [-0.05, 0) is 31.0 Å². The number of hydrogen-bond acceptors (Lipinski definition) is 6. The Labute approximate surface area is 175 Å². The summed E-state index contributed by atoms with van der Waals surface area (Å²) in [5.74, 6) is 1.41. The molecule has 8 heteroatoms. The Kier molecular flexibility index (Phi) is 6.13. The SMILES string of the molecule is CCOC(=O)c1nn(CCc2ccc(OC)cc2)c2c1CN(Cc1ncc[nH]1)CC2. The van der Waals surface area contributed by atoms with Crippen molar-refractivity contribution in [3.05, 3.63) is 65.0 Å². The third-order valence-corrected chi connectivity index (χ3v) is 5.38. The zero-order valence-corrected chi connectivity index (χ0v) is 17.4. The summed E-state index contributed by atoms with van der Waals surface area (Å²) in [6.45, 7) is 5.13. The van der Waals surface area contributed by atoms with Crippen LogP contribution in [0.15, 0.2) is 36.7 Å². The van der Waals surface area contributed by atoms with E-state index in [2.05, 4.69) is 32.1 Å². The first kappa shape index (κ1) is 20.2. The lowest BCUT2D eigenvalue weighted by Crippen LogP contribution is -2.31. The van der Waals surface area contributed by atoms with Crippen molar-refractivity contribution in [2.24, 2.45) is 0 Å². The number of aromatic nitrogens is 4. The summed E-state index contributed by atoms with van der Waals surface area (Å²) in [5.41, 5.74) is 3.74. The molecular formula is C22H27N5O3. The smallest absolute Gasteiger partial charge is 0.359 e. The van der Waals surface area contributed by atoms with Crippen molar-refractivity contribution in [2.45, 2.75) is 39.4 Å². The highest BCUT2D eigenvalue weighted by atomic mass is 16.5. The van der Waals surface area contributed by atoms with Crippen LogP contribution in [0, 0.1) is 0 Å². The second-order valence-corrected chi connectivity index (χ2v) is 7.31. The van der Waals surface area contributed by atoms with Crippen LogP contribution in [0.2, 0.25) is 0 Å². The first-order chi connectivity index (χ1) is 14.7. The van der Waals surface area contributed by atoms with Crippen LogP contribution in [0.25, 0.3) is 0 Å². The standard InChI is InChI=1S/C22H27N5O3/c1-3-30-22(28)21-18-14-26(15-20-23-10-11-24-20)12-9-19(18)27(25-21)13-8-16-4-6-17(29-2)7-5-16/h4-7,10-11H,3,8-9,12-15H2,1-2H3,(H,23,24). The van der Waals surface area contributed by atoms with Crippen molar-refractivity contribution < 1.29 is 14.3 Å². The van der Waals surface area contributed by atoms with Crippen molar-refractivity contribution in [3.63, 3.8) is 0 Å². The number of hydrogen-bond donors (Lipinski definition) is 1. The number of H-pyrrole nitrogens is 1. The van der Waals surface area contributed by atoms with E-state index in [-0.39, 0.29) is 5.97 Å². The predicted octanol–water partition coefficient (Wildman–Crippen LogP) is 2.59. The first-order valence-corrected chi connectivity index (χ1v) is 10.3. The number of nitrogens with zero attached hydrogens (tertiary/aromatic N) is 4. The molecule has 1 N–H and O–H groups in total. The summed E-state index contributed by atoms with van der Waals surface area (Å²) in [6, 6.07) is 8.05. The maximum atomic E-state index is 12.5. The Bertz CT molecular complexity index is 979. The van der Waals surface area contributed by atoms with Gasteiger partial charge in [0.15, 0.2) is 5.69 Å². The maximum Gasteiger partial charge on any atom is 0.359 e. The van der Waals surface area contributed by atoms with E-state index >= 15 is 0 Å². The van der Waals surface area contributed by atoms with Crippen LogP contribution in [-0.4, -0.2) is 50.9 Å². The monoisotopic (exact) mass is 409 g/mol. The van der Waals surface area contributed by atoms with Gasteiger partial charge in [-0.1, -0.05) is 12.1 Å². The van der Waals surface area contributed by atoms with Gasteiger partial charge >= 0.3 is 5.97 Å². The summed E-state index contributed by atoms with van der Waals surface area (Å²) >= 11 is 0. The number of esters is 1. The van der Waals surface area contributed by atoms with Crippen LogP contribution in [0.1, 0.15) is 40.1 Å². The van der Waals surface area contributed by atoms with Gasteiger partial charge in [-0.15, -0.1) is 0 Å². The molecule has 0 spiro atoms. The summed E-state index contributed by atoms with van der Waals surface area (Å²) in [4.78, 5) is 22.3. The number of aryl methyl sites for hydroxylation is 2. The number of fused-ring (bicyclic) bond motifs is 1. The number of rotatable bonds is 8. The Morgan fingerprint density at radius 2 is 2.10 bits per heavy atom. The average Bonchev–Trinajstić information content (AvgIpc) is 3.40. The number of ether oxygens (including phenoxy) is 2. The first-order valence-electron chi connectivity index (χ1n) is 10.3. The van der Waals surface area contributed by atoms with Crippen LogP contribution in [0.5, 0.6) is 5.75 Å². The molecule has 3 heterocycles. The number of nitrogens with one attached hydrogen (secondary N) is 1. The number of carbonyl (C=O) groups excluding carboxylic acids is 1. The van der Waals surface area contributed by atoms with Crippen molar-refractivity contribution in [1.82, 2.24) is 24.6 Å². The van der Waals surface area contributed by atoms with E-state index in [0.29, 0.717) is 31.9 Å². The summed E-state index contributed by atoms with van der Waals surface area (Å²) in [6.07, 6.45) is 5.25. The molecule has 30 heavy (non-hydrogen) atoms. The minimum atomic E-state index is -0.350. The fourth-order valence-electron chi connectivity index (χ4n) is 3.85. The molecular weight excluding hydrogens is 382 g/mol. The second-order valence-electron chi connectivity index (χ2n) is 7.31. The van der Waals surface area contributed by atoms with Crippen LogP contribution in [0.3, 0.4) is 0 Å².